The lowest BCUT2D eigenvalue weighted by molar-refractivity contribution is 0.0697. The van der Waals surface area contributed by atoms with Crippen LogP contribution in [0, 0.1) is 5.82 Å². The van der Waals surface area contributed by atoms with Crippen molar-refractivity contribution in [3.8, 4) is 0 Å². The second-order valence-corrected chi connectivity index (χ2v) is 6.40. The quantitative estimate of drug-likeness (QED) is 0.483. The lowest BCUT2D eigenvalue weighted by Gasteiger charge is -2.11. The second kappa shape index (κ2) is 6.02. The van der Waals surface area contributed by atoms with Crippen LogP contribution in [0.25, 0.3) is 27.5 Å². The number of carboxylic acid groups (broad SMARTS) is 1. The van der Waals surface area contributed by atoms with Crippen molar-refractivity contribution in [2.45, 2.75) is 0 Å². The molecule has 7 heteroatoms. The molecule has 0 aliphatic heterocycles. The van der Waals surface area contributed by atoms with E-state index < -0.39 is 5.97 Å². The molecule has 3 heterocycles. The van der Waals surface area contributed by atoms with Crippen LogP contribution in [0.3, 0.4) is 0 Å². The Morgan fingerprint density at radius 1 is 1.00 bits per heavy atom. The molecule has 136 valence electrons. The molecule has 0 saturated heterocycles. The van der Waals surface area contributed by atoms with Crippen LogP contribution in [-0.4, -0.2) is 25.4 Å². The molecule has 0 aliphatic carbocycles. The molecule has 0 unspecified atom stereocenters. The number of pyridine rings is 1. The van der Waals surface area contributed by atoms with E-state index in [9.17, 15) is 14.3 Å². The van der Waals surface area contributed by atoms with Crippen molar-refractivity contribution in [1.82, 2.24) is 14.4 Å². The van der Waals surface area contributed by atoms with Crippen LogP contribution in [-0.2, 0) is 0 Å². The highest BCUT2D eigenvalue weighted by atomic mass is 19.1. The smallest absolute Gasteiger partial charge is 0.335 e. The van der Waals surface area contributed by atoms with Gasteiger partial charge >= 0.3 is 5.97 Å². The number of aromatic nitrogens is 3. The van der Waals surface area contributed by atoms with E-state index in [0.717, 1.165) is 27.5 Å². The largest absolute Gasteiger partial charge is 0.478 e. The molecular formula is C21H13FN4O2. The van der Waals surface area contributed by atoms with Gasteiger partial charge in [-0.05, 0) is 54.6 Å². The molecule has 0 bridgehead atoms. The summed E-state index contributed by atoms with van der Waals surface area (Å²) in [5, 5.41) is 13.3. The van der Waals surface area contributed by atoms with Crippen molar-refractivity contribution in [2.75, 3.05) is 5.32 Å². The average molecular weight is 372 g/mol. The van der Waals surface area contributed by atoms with Crippen LogP contribution in [0.15, 0.2) is 67.0 Å². The monoisotopic (exact) mass is 372 g/mol. The molecule has 0 saturated carbocycles. The van der Waals surface area contributed by atoms with Gasteiger partial charge in [0.1, 0.15) is 5.82 Å². The maximum Gasteiger partial charge on any atom is 0.335 e. The van der Waals surface area contributed by atoms with Gasteiger partial charge in [0.25, 0.3) is 0 Å². The van der Waals surface area contributed by atoms with E-state index in [1.54, 1.807) is 42.7 Å². The molecule has 6 nitrogen and oxygen atoms in total. The molecule has 3 aromatic heterocycles. The molecule has 5 rings (SSSR count). The number of fused-ring (bicyclic) bond motifs is 5. The summed E-state index contributed by atoms with van der Waals surface area (Å²) in [6.45, 7) is 0. The summed E-state index contributed by atoms with van der Waals surface area (Å²) >= 11 is 0. The summed E-state index contributed by atoms with van der Waals surface area (Å²) in [4.78, 5) is 20.2. The highest BCUT2D eigenvalue weighted by Crippen LogP contribution is 2.31. The number of nitrogens with zero attached hydrogens (tertiary/aromatic N) is 3. The minimum absolute atomic E-state index is 0.215. The lowest BCUT2D eigenvalue weighted by atomic mass is 10.1. The van der Waals surface area contributed by atoms with Crippen LogP contribution >= 0.6 is 0 Å². The fraction of sp³-hybridized carbons (Fsp3) is 0. The first kappa shape index (κ1) is 16.2. The Hall–Kier alpha value is -4.00. The molecule has 2 aromatic carbocycles. The Morgan fingerprint density at radius 2 is 1.82 bits per heavy atom. The summed E-state index contributed by atoms with van der Waals surface area (Å²) in [7, 11) is 0. The topological polar surface area (TPSA) is 79.5 Å². The standard InChI is InChI=1S/C21H13FN4O2/c22-14-2-4-15(5-3-14)24-20-18-10-13-9-12(21(27)28)1-6-17(13)26(18)19-11-23-8-7-16(19)25-20/h1-11H,(H,24,25)(H,27,28). The summed E-state index contributed by atoms with van der Waals surface area (Å²) in [5.74, 6) is -0.715. The molecule has 5 aromatic rings. The maximum absolute atomic E-state index is 13.2. The molecule has 0 spiro atoms. The summed E-state index contributed by atoms with van der Waals surface area (Å²) < 4.78 is 15.2. The number of benzene rings is 2. The van der Waals surface area contributed by atoms with E-state index in [0.29, 0.717) is 11.5 Å². The summed E-state index contributed by atoms with van der Waals surface area (Å²) in [6, 6.07) is 14.7. The fourth-order valence-electron chi connectivity index (χ4n) is 3.37. The maximum atomic E-state index is 13.2. The Kier molecular flexibility index (Phi) is 3.48. The van der Waals surface area contributed by atoms with Gasteiger partial charge in [-0.1, -0.05) is 0 Å². The van der Waals surface area contributed by atoms with E-state index in [1.165, 1.54) is 12.1 Å². The van der Waals surface area contributed by atoms with Crippen LogP contribution in [0.1, 0.15) is 10.4 Å². The predicted octanol–water partition coefficient (Wildman–Crippen LogP) is 4.62. The SMILES string of the molecule is O=C(O)c1ccc2c(c1)cc1c(Nc3ccc(F)cc3)nc3ccncc3n12. The molecule has 2 N–H and O–H groups in total. The summed E-state index contributed by atoms with van der Waals surface area (Å²) in [6.07, 6.45) is 3.39. The van der Waals surface area contributed by atoms with Crippen molar-refractivity contribution in [3.05, 3.63) is 78.4 Å². The average Bonchev–Trinajstić information content (AvgIpc) is 3.09. The van der Waals surface area contributed by atoms with Gasteiger partial charge in [0.05, 0.1) is 33.8 Å². The van der Waals surface area contributed by atoms with Crippen molar-refractivity contribution in [2.24, 2.45) is 0 Å². The van der Waals surface area contributed by atoms with Crippen LogP contribution < -0.4 is 5.32 Å². The van der Waals surface area contributed by atoms with Crippen LogP contribution in [0.4, 0.5) is 15.9 Å². The number of halogens is 1. The van der Waals surface area contributed by atoms with Gasteiger partial charge in [0.2, 0.25) is 0 Å². The van der Waals surface area contributed by atoms with Gasteiger partial charge in [0, 0.05) is 17.3 Å². The minimum atomic E-state index is -0.980. The Balaban J connectivity index is 1.81. The minimum Gasteiger partial charge on any atom is -0.478 e. The first-order valence-corrected chi connectivity index (χ1v) is 8.55. The zero-order chi connectivity index (χ0) is 19.3. The Morgan fingerprint density at radius 3 is 2.61 bits per heavy atom. The normalized spacial score (nSPS) is 11.3. The first-order chi connectivity index (χ1) is 13.6. The van der Waals surface area contributed by atoms with Crippen LogP contribution in [0.2, 0.25) is 0 Å². The van der Waals surface area contributed by atoms with Gasteiger partial charge in [-0.25, -0.2) is 14.2 Å². The molecule has 0 radical (unpaired) electrons. The van der Waals surface area contributed by atoms with Crippen molar-refractivity contribution in [1.29, 1.82) is 0 Å². The van der Waals surface area contributed by atoms with Gasteiger partial charge in [-0.2, -0.15) is 0 Å². The number of anilines is 2. The Bertz CT molecular complexity index is 1380. The molecule has 0 fully saturated rings. The Labute approximate surface area is 157 Å². The third kappa shape index (κ3) is 2.52. The predicted molar refractivity (Wildman–Crippen MR) is 105 cm³/mol. The molecule has 28 heavy (non-hydrogen) atoms. The van der Waals surface area contributed by atoms with E-state index >= 15 is 0 Å². The number of carbonyl (C=O) groups is 1. The lowest BCUT2D eigenvalue weighted by Crippen LogP contribution is -2.00. The van der Waals surface area contributed by atoms with E-state index in [-0.39, 0.29) is 11.4 Å². The number of nitrogens with one attached hydrogen (secondary N) is 1. The van der Waals surface area contributed by atoms with Crippen LogP contribution in [0.5, 0.6) is 0 Å². The molecule has 0 aliphatic rings. The number of hydrogen-bond donors (Lipinski definition) is 2. The number of carboxylic acids is 1. The second-order valence-electron chi connectivity index (χ2n) is 6.40. The van der Waals surface area contributed by atoms with Gasteiger partial charge in [-0.3, -0.25) is 4.98 Å². The molecule has 0 amide bonds. The first-order valence-electron chi connectivity index (χ1n) is 8.55. The fourth-order valence-corrected chi connectivity index (χ4v) is 3.37. The molecule has 0 atom stereocenters. The molecular weight excluding hydrogens is 359 g/mol. The zero-order valence-corrected chi connectivity index (χ0v) is 14.4. The zero-order valence-electron chi connectivity index (χ0n) is 14.4. The number of aromatic carboxylic acids is 1. The summed E-state index contributed by atoms with van der Waals surface area (Å²) in [5.41, 5.74) is 4.06. The van der Waals surface area contributed by atoms with E-state index in [1.807, 2.05) is 16.5 Å². The van der Waals surface area contributed by atoms with Gasteiger partial charge in [0.15, 0.2) is 5.82 Å². The third-order valence-corrected chi connectivity index (χ3v) is 4.65. The van der Waals surface area contributed by atoms with Crippen molar-refractivity contribution < 1.29 is 14.3 Å². The van der Waals surface area contributed by atoms with Crippen molar-refractivity contribution >= 4 is 44.9 Å². The highest BCUT2D eigenvalue weighted by molar-refractivity contribution is 6.00. The highest BCUT2D eigenvalue weighted by Gasteiger charge is 2.14. The van der Waals surface area contributed by atoms with Crippen molar-refractivity contribution in [3.63, 3.8) is 0 Å². The number of rotatable bonds is 3. The third-order valence-electron chi connectivity index (χ3n) is 4.65. The van der Waals surface area contributed by atoms with Gasteiger partial charge < -0.3 is 14.8 Å². The number of hydrogen-bond acceptors (Lipinski definition) is 4. The van der Waals surface area contributed by atoms with E-state index in [2.05, 4.69) is 10.3 Å². The van der Waals surface area contributed by atoms with Gasteiger partial charge in [-0.15, -0.1) is 0 Å². The van der Waals surface area contributed by atoms with E-state index in [4.69, 9.17) is 4.98 Å².